The van der Waals surface area contributed by atoms with E-state index in [0.29, 0.717) is 32.6 Å². The van der Waals surface area contributed by atoms with Crippen molar-refractivity contribution in [2.24, 2.45) is 0 Å². The van der Waals surface area contributed by atoms with Crippen LogP contribution in [0.4, 0.5) is 0 Å². The summed E-state index contributed by atoms with van der Waals surface area (Å²) in [5.41, 5.74) is 4.66. The molecule has 0 spiro atoms. The average molecular weight is 472 g/mol. The molecular weight excluding hydrogens is 455 g/mol. The van der Waals surface area contributed by atoms with E-state index < -0.39 is 0 Å². The monoisotopic (exact) mass is 470 g/mol. The molecule has 0 N–H and O–H groups in total. The van der Waals surface area contributed by atoms with Crippen molar-refractivity contribution < 1.29 is 0 Å². The van der Waals surface area contributed by atoms with Crippen LogP contribution in [0, 0.1) is 23.7 Å². The Morgan fingerprint density at radius 3 is 1.31 bits per heavy atom. The topological polar surface area (TPSA) is 0 Å². The lowest BCUT2D eigenvalue weighted by atomic mass is 9.98. The van der Waals surface area contributed by atoms with E-state index in [4.69, 9.17) is 34.8 Å². The predicted molar refractivity (Wildman–Crippen MR) is 136 cm³/mol. The zero-order chi connectivity index (χ0) is 22.3. The van der Waals surface area contributed by atoms with E-state index >= 15 is 0 Å². The van der Waals surface area contributed by atoms with Crippen LogP contribution in [0.25, 0.3) is 0 Å². The fourth-order valence-electron chi connectivity index (χ4n) is 3.20. The standard InChI is InChI=1S/C29H17Cl3/c30-27-24(18-16-21-10-4-1-5-11-21)28(31)26(20-23-14-8-3-9-15-23)29(32)25(27)19-17-22-12-6-2-7-13-22/h1-15H,20H2. The second-order valence-corrected chi connectivity index (χ2v) is 8.20. The van der Waals surface area contributed by atoms with Gasteiger partial charge in [-0.25, -0.2) is 0 Å². The van der Waals surface area contributed by atoms with E-state index in [2.05, 4.69) is 23.7 Å². The minimum absolute atomic E-state index is 0.365. The first-order chi connectivity index (χ1) is 15.6. The van der Waals surface area contributed by atoms with E-state index in [1.165, 1.54) is 0 Å². The minimum Gasteiger partial charge on any atom is -0.0825 e. The van der Waals surface area contributed by atoms with Crippen LogP contribution in [0.5, 0.6) is 0 Å². The summed E-state index contributed by atoms with van der Waals surface area (Å²) in [6.45, 7) is 0. The fourth-order valence-corrected chi connectivity index (χ4v) is 4.24. The Balaban J connectivity index is 1.88. The quantitative estimate of drug-likeness (QED) is 0.259. The number of rotatable bonds is 2. The maximum atomic E-state index is 6.81. The Labute approximate surface area is 203 Å². The maximum absolute atomic E-state index is 6.81. The number of hydrogen-bond donors (Lipinski definition) is 0. The molecule has 0 fully saturated rings. The van der Waals surface area contributed by atoms with Crippen molar-refractivity contribution >= 4 is 34.8 Å². The summed E-state index contributed by atoms with van der Waals surface area (Å²) in [4.78, 5) is 0. The number of benzene rings is 4. The molecule has 0 unspecified atom stereocenters. The normalized spacial score (nSPS) is 9.97. The van der Waals surface area contributed by atoms with E-state index in [0.717, 1.165) is 22.3 Å². The minimum atomic E-state index is 0.365. The Bertz CT molecular complexity index is 1270. The van der Waals surface area contributed by atoms with Crippen molar-refractivity contribution in [3.8, 4) is 23.7 Å². The lowest BCUT2D eigenvalue weighted by Gasteiger charge is -2.14. The van der Waals surface area contributed by atoms with Gasteiger partial charge < -0.3 is 0 Å². The molecule has 0 atom stereocenters. The molecule has 154 valence electrons. The van der Waals surface area contributed by atoms with Crippen LogP contribution in [-0.2, 0) is 6.42 Å². The third-order valence-electron chi connectivity index (χ3n) is 4.84. The highest BCUT2D eigenvalue weighted by atomic mass is 35.5. The van der Waals surface area contributed by atoms with Gasteiger partial charge in [0.25, 0.3) is 0 Å². The third-order valence-corrected chi connectivity index (χ3v) is 6.06. The molecule has 0 radical (unpaired) electrons. The van der Waals surface area contributed by atoms with Gasteiger partial charge in [-0.2, -0.15) is 0 Å². The fraction of sp³-hybridized carbons (Fsp3) is 0.0345. The van der Waals surface area contributed by atoms with E-state index in [-0.39, 0.29) is 0 Å². The molecule has 32 heavy (non-hydrogen) atoms. The van der Waals surface area contributed by atoms with Gasteiger partial charge in [0.15, 0.2) is 0 Å². The van der Waals surface area contributed by atoms with Crippen molar-refractivity contribution in [1.29, 1.82) is 0 Å². The van der Waals surface area contributed by atoms with Crippen LogP contribution >= 0.6 is 34.8 Å². The van der Waals surface area contributed by atoms with Gasteiger partial charge in [-0.1, -0.05) is 125 Å². The van der Waals surface area contributed by atoms with Gasteiger partial charge in [0.05, 0.1) is 26.2 Å². The van der Waals surface area contributed by atoms with E-state index in [1.54, 1.807) is 0 Å². The van der Waals surface area contributed by atoms with Crippen LogP contribution in [0.1, 0.15) is 33.4 Å². The van der Waals surface area contributed by atoms with Crippen LogP contribution < -0.4 is 0 Å². The smallest absolute Gasteiger partial charge is 0.0749 e. The lowest BCUT2D eigenvalue weighted by Crippen LogP contribution is -1.98. The second-order valence-electron chi connectivity index (χ2n) is 7.06. The molecule has 3 heteroatoms. The van der Waals surface area contributed by atoms with Gasteiger partial charge in [-0.15, -0.1) is 0 Å². The van der Waals surface area contributed by atoms with Crippen molar-refractivity contribution in [2.45, 2.75) is 6.42 Å². The Hall–Kier alpha value is -3.13. The lowest BCUT2D eigenvalue weighted by molar-refractivity contribution is 1.19. The molecule has 4 aromatic rings. The van der Waals surface area contributed by atoms with Crippen LogP contribution in [0.3, 0.4) is 0 Å². The highest BCUT2D eigenvalue weighted by molar-refractivity contribution is 6.42. The molecule has 0 bridgehead atoms. The molecule has 0 aromatic heterocycles. The van der Waals surface area contributed by atoms with Gasteiger partial charge in [0.2, 0.25) is 0 Å². The molecule has 4 rings (SSSR count). The summed E-state index contributed by atoms with van der Waals surface area (Å²) in [6, 6.07) is 29.4. The zero-order valence-corrected chi connectivity index (χ0v) is 19.3. The summed E-state index contributed by atoms with van der Waals surface area (Å²) in [5.74, 6) is 12.6. The van der Waals surface area contributed by atoms with Gasteiger partial charge >= 0.3 is 0 Å². The first-order valence-electron chi connectivity index (χ1n) is 10.0. The Morgan fingerprint density at radius 1 is 0.469 bits per heavy atom. The highest BCUT2D eigenvalue weighted by Crippen LogP contribution is 2.38. The molecule has 0 saturated carbocycles. The summed E-state index contributed by atoms with van der Waals surface area (Å²) in [6.07, 6.45) is 0.551. The molecule has 0 amide bonds. The molecule has 0 aliphatic heterocycles. The molecule has 0 aliphatic carbocycles. The van der Waals surface area contributed by atoms with Crippen molar-refractivity contribution in [3.63, 3.8) is 0 Å². The summed E-state index contributed by atoms with van der Waals surface area (Å²) in [5, 5.41) is 1.28. The predicted octanol–water partition coefficient (Wildman–Crippen LogP) is 8.04. The maximum Gasteiger partial charge on any atom is 0.0749 e. The molecular formula is C29H17Cl3. The van der Waals surface area contributed by atoms with Crippen LogP contribution in [0.15, 0.2) is 91.0 Å². The highest BCUT2D eigenvalue weighted by Gasteiger charge is 2.20. The average Bonchev–Trinajstić information content (AvgIpc) is 2.84. The molecule has 0 aliphatic rings. The van der Waals surface area contributed by atoms with Gasteiger partial charge in [-0.05, 0) is 35.4 Å². The molecule has 4 aromatic carbocycles. The largest absolute Gasteiger partial charge is 0.0825 e. The second kappa shape index (κ2) is 10.5. The van der Waals surface area contributed by atoms with Gasteiger partial charge in [0.1, 0.15) is 0 Å². The summed E-state index contributed by atoms with van der Waals surface area (Å²) < 4.78 is 0. The third kappa shape index (κ3) is 5.19. The number of hydrogen-bond acceptors (Lipinski definition) is 0. The van der Waals surface area contributed by atoms with E-state index in [9.17, 15) is 0 Å². The first-order valence-corrected chi connectivity index (χ1v) is 11.1. The van der Waals surface area contributed by atoms with Crippen molar-refractivity contribution in [1.82, 2.24) is 0 Å². The Morgan fingerprint density at radius 2 is 0.875 bits per heavy atom. The van der Waals surface area contributed by atoms with Gasteiger partial charge in [0, 0.05) is 17.5 Å². The van der Waals surface area contributed by atoms with E-state index in [1.807, 2.05) is 91.0 Å². The summed E-state index contributed by atoms with van der Waals surface area (Å²) in [7, 11) is 0. The van der Waals surface area contributed by atoms with Crippen LogP contribution in [0.2, 0.25) is 15.1 Å². The SMILES string of the molecule is Clc1c(C#Cc2ccccc2)c(Cl)c(Cc2ccccc2)c(Cl)c1C#Cc1ccccc1. The van der Waals surface area contributed by atoms with Crippen molar-refractivity contribution in [3.05, 3.63) is 139 Å². The van der Waals surface area contributed by atoms with Gasteiger partial charge in [-0.3, -0.25) is 0 Å². The molecule has 0 nitrogen and oxygen atoms in total. The molecule has 0 saturated heterocycles. The first kappa shape index (κ1) is 22.1. The number of halogens is 3. The summed E-state index contributed by atoms with van der Waals surface area (Å²) >= 11 is 20.4. The molecule has 0 heterocycles. The Kier molecular flexibility index (Phi) is 7.21. The van der Waals surface area contributed by atoms with Crippen LogP contribution in [-0.4, -0.2) is 0 Å². The van der Waals surface area contributed by atoms with Crippen molar-refractivity contribution in [2.75, 3.05) is 0 Å². The zero-order valence-electron chi connectivity index (χ0n) is 17.0.